The molecule has 3 nitrogen and oxygen atoms in total. The number of carbonyl (C=O) groups is 1. The van der Waals surface area contributed by atoms with Gasteiger partial charge in [-0.15, -0.1) is 11.8 Å². The molecule has 0 saturated carbocycles. The molecule has 0 aliphatic carbocycles. The maximum absolute atomic E-state index is 12.2. The first-order valence-electron chi connectivity index (χ1n) is 7.84. The molecule has 0 bridgehead atoms. The molecule has 1 atom stereocenters. The molecule has 1 aliphatic heterocycles. The molecule has 23 heavy (non-hydrogen) atoms. The lowest BCUT2D eigenvalue weighted by Gasteiger charge is -2.25. The number of aryl methyl sites for hydroxylation is 2. The summed E-state index contributed by atoms with van der Waals surface area (Å²) in [4.78, 5) is 13.5. The molecule has 1 unspecified atom stereocenters. The van der Waals surface area contributed by atoms with Gasteiger partial charge in [0.2, 0.25) is 0 Å². The number of hydrogen-bond donors (Lipinski definition) is 1. The van der Waals surface area contributed by atoms with Crippen LogP contribution in [0.1, 0.15) is 29.2 Å². The molecular formula is C19H21NO2S. The van der Waals surface area contributed by atoms with Crippen molar-refractivity contribution < 1.29 is 9.53 Å². The summed E-state index contributed by atoms with van der Waals surface area (Å²) in [5.74, 6) is 1.69. The van der Waals surface area contributed by atoms with Crippen LogP contribution in [0.3, 0.4) is 0 Å². The van der Waals surface area contributed by atoms with Crippen molar-refractivity contribution in [2.45, 2.75) is 31.2 Å². The first-order valence-corrected chi connectivity index (χ1v) is 8.83. The number of fused-ring (bicyclic) bond motifs is 1. The lowest BCUT2D eigenvalue weighted by molar-refractivity contribution is -0.123. The first-order chi connectivity index (χ1) is 11.1. The smallest absolute Gasteiger partial charge is 0.258 e. The highest BCUT2D eigenvalue weighted by Gasteiger charge is 2.21. The van der Waals surface area contributed by atoms with Crippen molar-refractivity contribution in [3.05, 3.63) is 59.2 Å². The summed E-state index contributed by atoms with van der Waals surface area (Å²) in [6, 6.07) is 14.2. The Bertz CT molecular complexity index is 714. The summed E-state index contributed by atoms with van der Waals surface area (Å²) in [5.41, 5.74) is 3.60. The fourth-order valence-electron chi connectivity index (χ4n) is 2.68. The third-order valence-corrected chi connectivity index (χ3v) is 5.26. The average Bonchev–Trinajstić information content (AvgIpc) is 2.56. The van der Waals surface area contributed by atoms with Crippen LogP contribution in [0.5, 0.6) is 5.75 Å². The Morgan fingerprint density at radius 1 is 1.22 bits per heavy atom. The van der Waals surface area contributed by atoms with Gasteiger partial charge in [-0.2, -0.15) is 0 Å². The van der Waals surface area contributed by atoms with Gasteiger partial charge < -0.3 is 10.1 Å². The van der Waals surface area contributed by atoms with E-state index < -0.39 is 0 Å². The van der Waals surface area contributed by atoms with Crippen LogP contribution in [0.15, 0.2) is 47.4 Å². The molecule has 0 fully saturated rings. The Morgan fingerprint density at radius 2 is 2.04 bits per heavy atom. The zero-order valence-electron chi connectivity index (χ0n) is 13.5. The summed E-state index contributed by atoms with van der Waals surface area (Å²) in [5, 5.41) is 3.09. The molecule has 120 valence electrons. The Kier molecular flexibility index (Phi) is 4.91. The van der Waals surface area contributed by atoms with Gasteiger partial charge in [0.1, 0.15) is 5.75 Å². The summed E-state index contributed by atoms with van der Waals surface area (Å²) < 4.78 is 5.62. The quantitative estimate of drug-likeness (QED) is 0.921. The van der Waals surface area contributed by atoms with Gasteiger partial charge in [-0.3, -0.25) is 4.79 Å². The van der Waals surface area contributed by atoms with E-state index in [0.29, 0.717) is 0 Å². The van der Waals surface area contributed by atoms with E-state index in [1.807, 2.05) is 49.0 Å². The minimum atomic E-state index is -0.0741. The van der Waals surface area contributed by atoms with Gasteiger partial charge >= 0.3 is 0 Å². The van der Waals surface area contributed by atoms with Crippen LogP contribution >= 0.6 is 11.8 Å². The van der Waals surface area contributed by atoms with Crippen molar-refractivity contribution in [1.82, 2.24) is 5.32 Å². The van der Waals surface area contributed by atoms with E-state index in [2.05, 4.69) is 24.4 Å². The second-order valence-electron chi connectivity index (χ2n) is 5.83. The normalized spacial score (nSPS) is 16.5. The van der Waals surface area contributed by atoms with Gasteiger partial charge in [0, 0.05) is 10.6 Å². The van der Waals surface area contributed by atoms with Crippen molar-refractivity contribution in [3.63, 3.8) is 0 Å². The number of benzene rings is 2. The number of nitrogens with one attached hydrogen (secondary N) is 1. The number of thioether (sulfide) groups is 1. The first kappa shape index (κ1) is 15.9. The monoisotopic (exact) mass is 327 g/mol. The SMILES string of the molecule is Cc1ccc(OCC(=O)NC2CCSc3ccccc32)cc1C. The maximum atomic E-state index is 12.2. The molecule has 3 rings (SSSR count). The number of carbonyl (C=O) groups excluding carboxylic acids is 1. The highest BCUT2D eigenvalue weighted by atomic mass is 32.2. The molecular weight excluding hydrogens is 306 g/mol. The van der Waals surface area contributed by atoms with Crippen LogP contribution in [0.25, 0.3) is 0 Å². The molecule has 0 spiro atoms. The largest absolute Gasteiger partial charge is 0.484 e. The van der Waals surface area contributed by atoms with Crippen molar-refractivity contribution in [3.8, 4) is 5.75 Å². The van der Waals surface area contributed by atoms with Gasteiger partial charge in [0.05, 0.1) is 6.04 Å². The van der Waals surface area contributed by atoms with E-state index >= 15 is 0 Å². The molecule has 2 aromatic carbocycles. The molecule has 0 aromatic heterocycles. The van der Waals surface area contributed by atoms with Crippen LogP contribution in [0.4, 0.5) is 0 Å². The lowest BCUT2D eigenvalue weighted by atomic mass is 10.0. The van der Waals surface area contributed by atoms with Gasteiger partial charge in [0.15, 0.2) is 6.61 Å². The summed E-state index contributed by atoms with van der Waals surface area (Å²) in [6.07, 6.45) is 0.955. The highest BCUT2D eigenvalue weighted by molar-refractivity contribution is 7.99. The Morgan fingerprint density at radius 3 is 2.87 bits per heavy atom. The zero-order valence-corrected chi connectivity index (χ0v) is 14.3. The zero-order chi connectivity index (χ0) is 16.2. The Labute approximate surface area is 141 Å². The van der Waals surface area contributed by atoms with Crippen molar-refractivity contribution in [2.24, 2.45) is 0 Å². The second kappa shape index (κ2) is 7.09. The molecule has 1 aliphatic rings. The van der Waals surface area contributed by atoms with E-state index in [-0.39, 0.29) is 18.6 Å². The predicted octanol–water partition coefficient (Wildman–Crippen LogP) is 4.04. The number of amides is 1. The fraction of sp³-hybridized carbons (Fsp3) is 0.316. The number of ether oxygens (including phenoxy) is 1. The fourth-order valence-corrected chi connectivity index (χ4v) is 3.81. The van der Waals surface area contributed by atoms with Crippen LogP contribution in [0.2, 0.25) is 0 Å². The van der Waals surface area contributed by atoms with E-state index in [4.69, 9.17) is 4.74 Å². The molecule has 1 N–H and O–H groups in total. The number of hydrogen-bond acceptors (Lipinski definition) is 3. The van der Waals surface area contributed by atoms with Crippen LogP contribution in [-0.2, 0) is 4.79 Å². The average molecular weight is 327 g/mol. The standard InChI is InChI=1S/C19H21NO2S/c1-13-7-8-15(11-14(13)2)22-12-19(21)20-17-9-10-23-18-6-4-3-5-16(17)18/h3-8,11,17H,9-10,12H2,1-2H3,(H,20,21). The van der Waals surface area contributed by atoms with E-state index in [0.717, 1.165) is 17.9 Å². The Balaban J connectivity index is 1.59. The van der Waals surface area contributed by atoms with Crippen LogP contribution in [0, 0.1) is 13.8 Å². The molecule has 2 aromatic rings. The molecule has 0 saturated heterocycles. The van der Waals surface area contributed by atoms with Gasteiger partial charge in [-0.05, 0) is 55.2 Å². The molecule has 4 heteroatoms. The summed E-state index contributed by atoms with van der Waals surface area (Å²) in [7, 11) is 0. The van der Waals surface area contributed by atoms with E-state index in [9.17, 15) is 4.79 Å². The minimum Gasteiger partial charge on any atom is -0.484 e. The molecule has 1 heterocycles. The van der Waals surface area contributed by atoms with E-state index in [1.165, 1.54) is 21.6 Å². The second-order valence-corrected chi connectivity index (χ2v) is 6.97. The van der Waals surface area contributed by atoms with E-state index in [1.54, 1.807) is 0 Å². The summed E-state index contributed by atoms with van der Waals surface area (Å²) in [6.45, 7) is 4.15. The van der Waals surface area contributed by atoms with Crippen LogP contribution in [-0.4, -0.2) is 18.3 Å². The highest BCUT2D eigenvalue weighted by Crippen LogP contribution is 2.35. The van der Waals surface area contributed by atoms with Gasteiger partial charge in [-0.25, -0.2) is 0 Å². The topological polar surface area (TPSA) is 38.3 Å². The Hall–Kier alpha value is -1.94. The van der Waals surface area contributed by atoms with Crippen molar-refractivity contribution in [1.29, 1.82) is 0 Å². The van der Waals surface area contributed by atoms with Crippen molar-refractivity contribution >= 4 is 17.7 Å². The van der Waals surface area contributed by atoms with Crippen LogP contribution < -0.4 is 10.1 Å². The lowest BCUT2D eigenvalue weighted by Crippen LogP contribution is -2.34. The third kappa shape index (κ3) is 3.88. The van der Waals surface area contributed by atoms with Crippen molar-refractivity contribution in [2.75, 3.05) is 12.4 Å². The summed E-state index contributed by atoms with van der Waals surface area (Å²) >= 11 is 1.85. The predicted molar refractivity (Wildman–Crippen MR) is 94.1 cm³/mol. The minimum absolute atomic E-state index is 0.0499. The maximum Gasteiger partial charge on any atom is 0.258 e. The number of rotatable bonds is 4. The third-order valence-electron chi connectivity index (χ3n) is 4.14. The molecule has 0 radical (unpaired) electrons. The van der Waals surface area contributed by atoms with Gasteiger partial charge in [-0.1, -0.05) is 24.3 Å². The van der Waals surface area contributed by atoms with Gasteiger partial charge in [0.25, 0.3) is 5.91 Å². The molecule has 1 amide bonds.